The van der Waals surface area contributed by atoms with Gasteiger partial charge in [-0.25, -0.2) is 0 Å². The zero-order valence-electron chi connectivity index (χ0n) is 11.7. The zero-order chi connectivity index (χ0) is 13.5. The monoisotopic (exact) mass is 264 g/mol. The molecular weight excluding hydrogens is 240 g/mol. The van der Waals surface area contributed by atoms with E-state index in [0.717, 1.165) is 44.7 Å². The molecule has 1 saturated heterocycles. The second-order valence-electron chi connectivity index (χ2n) is 5.24. The fourth-order valence-corrected chi connectivity index (χ4v) is 2.52. The molecule has 4 nitrogen and oxygen atoms in total. The molecule has 1 atom stereocenters. The van der Waals surface area contributed by atoms with E-state index in [9.17, 15) is 4.79 Å². The van der Waals surface area contributed by atoms with Gasteiger partial charge in [-0.15, -0.1) is 0 Å². The first-order valence-corrected chi connectivity index (χ1v) is 7.32. The van der Waals surface area contributed by atoms with Crippen LogP contribution in [-0.2, 0) is 11.2 Å². The van der Waals surface area contributed by atoms with Crippen molar-refractivity contribution in [2.24, 2.45) is 0 Å². The van der Waals surface area contributed by atoms with Crippen LogP contribution in [0.5, 0.6) is 0 Å². The van der Waals surface area contributed by atoms with Crippen molar-refractivity contribution in [1.29, 1.82) is 0 Å². The Morgan fingerprint density at radius 3 is 2.74 bits per heavy atom. The minimum absolute atomic E-state index is 0.104. The maximum Gasteiger partial charge on any atom is 0.239 e. The molecule has 1 unspecified atom stereocenters. The third-order valence-electron chi connectivity index (χ3n) is 3.69. The van der Waals surface area contributed by atoms with E-state index in [1.807, 2.05) is 24.0 Å². The molecule has 0 spiro atoms. The van der Waals surface area contributed by atoms with Crippen LogP contribution in [0.15, 0.2) is 22.8 Å². The number of carbonyl (C=O) groups excluding carboxylic acids is 1. The van der Waals surface area contributed by atoms with Gasteiger partial charge in [0, 0.05) is 26.1 Å². The number of hydrogen-bond donors (Lipinski definition) is 1. The maximum atomic E-state index is 12.3. The Kier molecular flexibility index (Phi) is 5.45. The predicted octanol–water partition coefficient (Wildman–Crippen LogP) is 2.20. The van der Waals surface area contributed by atoms with E-state index in [2.05, 4.69) is 5.32 Å². The summed E-state index contributed by atoms with van der Waals surface area (Å²) in [5, 5.41) is 3.29. The number of rotatable bonds is 5. The number of furan rings is 1. The second kappa shape index (κ2) is 7.34. The predicted molar refractivity (Wildman–Crippen MR) is 74.9 cm³/mol. The fourth-order valence-electron chi connectivity index (χ4n) is 2.52. The molecule has 1 N–H and O–H groups in total. The summed E-state index contributed by atoms with van der Waals surface area (Å²) >= 11 is 0. The van der Waals surface area contributed by atoms with Crippen molar-refractivity contribution in [3.8, 4) is 0 Å². The molecule has 2 heterocycles. The van der Waals surface area contributed by atoms with E-state index >= 15 is 0 Å². The number of nitrogens with zero attached hydrogens (tertiary/aromatic N) is 1. The molecule has 19 heavy (non-hydrogen) atoms. The van der Waals surface area contributed by atoms with E-state index in [-0.39, 0.29) is 11.9 Å². The third kappa shape index (κ3) is 4.39. The van der Waals surface area contributed by atoms with E-state index in [4.69, 9.17) is 4.42 Å². The lowest BCUT2D eigenvalue weighted by molar-refractivity contribution is -0.133. The van der Waals surface area contributed by atoms with Crippen molar-refractivity contribution in [2.75, 3.05) is 19.6 Å². The normalized spacial score (nSPS) is 18.1. The average molecular weight is 264 g/mol. The van der Waals surface area contributed by atoms with Crippen molar-refractivity contribution in [2.45, 2.75) is 45.1 Å². The summed E-state index contributed by atoms with van der Waals surface area (Å²) < 4.78 is 5.27. The Morgan fingerprint density at radius 2 is 2.11 bits per heavy atom. The molecule has 0 bridgehead atoms. The van der Waals surface area contributed by atoms with Crippen LogP contribution in [0.4, 0.5) is 0 Å². The first kappa shape index (κ1) is 14.1. The second-order valence-corrected chi connectivity index (χ2v) is 5.24. The quantitative estimate of drug-likeness (QED) is 0.887. The topological polar surface area (TPSA) is 45.5 Å². The van der Waals surface area contributed by atoms with Crippen LogP contribution in [0.2, 0.25) is 0 Å². The van der Waals surface area contributed by atoms with Crippen molar-refractivity contribution in [3.63, 3.8) is 0 Å². The summed E-state index contributed by atoms with van der Waals surface area (Å²) in [6.45, 7) is 4.57. The third-order valence-corrected chi connectivity index (χ3v) is 3.69. The van der Waals surface area contributed by atoms with Gasteiger partial charge in [0.2, 0.25) is 5.91 Å². The summed E-state index contributed by atoms with van der Waals surface area (Å²) in [6.07, 6.45) is 7.30. The minimum Gasteiger partial charge on any atom is -0.469 e. The Bertz CT molecular complexity index is 368. The van der Waals surface area contributed by atoms with Crippen molar-refractivity contribution in [1.82, 2.24) is 10.2 Å². The van der Waals surface area contributed by atoms with Gasteiger partial charge in [-0.2, -0.15) is 0 Å². The first-order chi connectivity index (χ1) is 9.27. The molecule has 2 rings (SSSR count). The van der Waals surface area contributed by atoms with Crippen LogP contribution in [0, 0.1) is 0 Å². The highest BCUT2D eigenvalue weighted by molar-refractivity contribution is 5.81. The Morgan fingerprint density at radius 1 is 1.37 bits per heavy atom. The van der Waals surface area contributed by atoms with Crippen molar-refractivity contribution in [3.05, 3.63) is 24.2 Å². The Labute approximate surface area is 115 Å². The van der Waals surface area contributed by atoms with Gasteiger partial charge in [0.1, 0.15) is 5.76 Å². The minimum atomic E-state index is -0.104. The first-order valence-electron chi connectivity index (χ1n) is 7.32. The van der Waals surface area contributed by atoms with E-state index < -0.39 is 0 Å². The summed E-state index contributed by atoms with van der Waals surface area (Å²) in [5.41, 5.74) is 0. The van der Waals surface area contributed by atoms with Crippen LogP contribution in [0.25, 0.3) is 0 Å². The molecule has 1 aliphatic rings. The van der Waals surface area contributed by atoms with Crippen molar-refractivity contribution < 1.29 is 9.21 Å². The smallest absolute Gasteiger partial charge is 0.239 e. The standard InChI is InChI=1S/C15H24N2O2/c1-13(16-9-8-14-7-6-12-19-14)15(18)17-10-4-2-3-5-11-17/h6-7,12-13,16H,2-5,8-11H2,1H3. The van der Waals surface area contributed by atoms with E-state index in [1.165, 1.54) is 12.8 Å². The van der Waals surface area contributed by atoms with Gasteiger partial charge in [-0.3, -0.25) is 4.79 Å². The lowest BCUT2D eigenvalue weighted by Crippen LogP contribution is -2.45. The number of carbonyl (C=O) groups is 1. The lowest BCUT2D eigenvalue weighted by atomic mass is 10.2. The van der Waals surface area contributed by atoms with E-state index in [0.29, 0.717) is 0 Å². The SMILES string of the molecule is CC(NCCc1ccco1)C(=O)N1CCCCCC1. The highest BCUT2D eigenvalue weighted by Crippen LogP contribution is 2.10. The summed E-state index contributed by atoms with van der Waals surface area (Å²) in [6, 6.07) is 3.75. The molecule has 1 aliphatic heterocycles. The van der Waals surface area contributed by atoms with Gasteiger partial charge >= 0.3 is 0 Å². The van der Waals surface area contributed by atoms with Gasteiger partial charge in [0.15, 0.2) is 0 Å². The summed E-state index contributed by atoms with van der Waals surface area (Å²) in [5.74, 6) is 1.20. The molecule has 0 aromatic carbocycles. The Balaban J connectivity index is 1.72. The number of amides is 1. The van der Waals surface area contributed by atoms with Gasteiger partial charge in [-0.05, 0) is 31.9 Å². The zero-order valence-corrected chi connectivity index (χ0v) is 11.7. The number of likely N-dealkylation sites (tertiary alicyclic amines) is 1. The van der Waals surface area contributed by atoms with Crippen molar-refractivity contribution >= 4 is 5.91 Å². The van der Waals surface area contributed by atoms with Crippen LogP contribution in [-0.4, -0.2) is 36.5 Å². The summed E-state index contributed by atoms with van der Waals surface area (Å²) in [7, 11) is 0. The summed E-state index contributed by atoms with van der Waals surface area (Å²) in [4.78, 5) is 14.3. The van der Waals surface area contributed by atoms with Crippen LogP contribution < -0.4 is 5.32 Å². The molecule has 0 saturated carbocycles. The molecular formula is C15H24N2O2. The molecule has 1 fully saturated rings. The van der Waals surface area contributed by atoms with Gasteiger partial charge < -0.3 is 14.6 Å². The number of nitrogens with one attached hydrogen (secondary N) is 1. The fraction of sp³-hybridized carbons (Fsp3) is 0.667. The van der Waals surface area contributed by atoms with Gasteiger partial charge in [0.25, 0.3) is 0 Å². The molecule has 0 aliphatic carbocycles. The van der Waals surface area contributed by atoms with E-state index in [1.54, 1.807) is 6.26 Å². The largest absolute Gasteiger partial charge is 0.469 e. The molecule has 1 aromatic heterocycles. The van der Waals surface area contributed by atoms with Gasteiger partial charge in [-0.1, -0.05) is 12.8 Å². The number of hydrogen-bond acceptors (Lipinski definition) is 3. The molecule has 0 radical (unpaired) electrons. The highest BCUT2D eigenvalue weighted by Gasteiger charge is 2.20. The maximum absolute atomic E-state index is 12.3. The lowest BCUT2D eigenvalue weighted by Gasteiger charge is -2.24. The van der Waals surface area contributed by atoms with Crippen LogP contribution >= 0.6 is 0 Å². The van der Waals surface area contributed by atoms with Crippen LogP contribution in [0.3, 0.4) is 0 Å². The highest BCUT2D eigenvalue weighted by atomic mass is 16.3. The molecule has 1 aromatic rings. The van der Waals surface area contributed by atoms with Gasteiger partial charge in [0.05, 0.1) is 12.3 Å². The molecule has 106 valence electrons. The molecule has 4 heteroatoms. The van der Waals surface area contributed by atoms with Crippen LogP contribution in [0.1, 0.15) is 38.4 Å². The molecule has 1 amide bonds. The average Bonchev–Trinajstić information content (AvgIpc) is 2.78. The Hall–Kier alpha value is -1.29.